The van der Waals surface area contributed by atoms with Gasteiger partial charge < -0.3 is 24.8 Å². The first-order valence-corrected chi connectivity index (χ1v) is 11.0. The fraction of sp³-hybridized carbons (Fsp3) is 0.762. The summed E-state index contributed by atoms with van der Waals surface area (Å²) in [5, 5.41) is 10.8. The molecule has 2 rings (SSSR count). The van der Waals surface area contributed by atoms with Gasteiger partial charge >= 0.3 is 0 Å². The van der Waals surface area contributed by atoms with Gasteiger partial charge in [-0.3, -0.25) is 9.69 Å². The number of morpholine rings is 1. The van der Waals surface area contributed by atoms with E-state index in [1.165, 1.54) is 4.90 Å². The van der Waals surface area contributed by atoms with Gasteiger partial charge in [0.2, 0.25) is 5.91 Å². The van der Waals surface area contributed by atoms with E-state index >= 15 is 0 Å². The van der Waals surface area contributed by atoms with Gasteiger partial charge in [-0.2, -0.15) is 0 Å². The highest BCUT2D eigenvalue weighted by molar-refractivity contribution is 5.84. The van der Waals surface area contributed by atoms with Crippen LogP contribution in [0, 0.1) is 0 Å². The van der Waals surface area contributed by atoms with Crippen LogP contribution in [0.3, 0.4) is 0 Å². The summed E-state index contributed by atoms with van der Waals surface area (Å²) in [6.45, 7) is 10.3. The number of carbonyl (C=O) groups is 1. The summed E-state index contributed by atoms with van der Waals surface area (Å²) in [6.07, 6.45) is 3.07. The molecule has 2 N–H and O–H groups in total. The monoisotopic (exact) mass is 422 g/mol. The van der Waals surface area contributed by atoms with E-state index in [1.54, 1.807) is 14.1 Å². The van der Waals surface area contributed by atoms with Gasteiger partial charge in [0, 0.05) is 45.7 Å². The maximum atomic E-state index is 11.9. The van der Waals surface area contributed by atoms with Crippen LogP contribution in [0.1, 0.15) is 50.5 Å². The zero-order valence-electron chi connectivity index (χ0n) is 18.9. The minimum atomic E-state index is -0.0416. The Labute approximate surface area is 180 Å². The van der Waals surface area contributed by atoms with Gasteiger partial charge in [-0.25, -0.2) is 4.99 Å². The molecular weight excluding hydrogens is 384 g/mol. The quantitative estimate of drug-likeness (QED) is 0.316. The predicted molar refractivity (Wildman–Crippen MR) is 118 cm³/mol. The number of aliphatic imine (C=N–C) groups is 1. The zero-order valence-corrected chi connectivity index (χ0v) is 18.9. The van der Waals surface area contributed by atoms with E-state index in [-0.39, 0.29) is 12.5 Å². The second kappa shape index (κ2) is 13.2. The maximum absolute atomic E-state index is 11.9. The summed E-state index contributed by atoms with van der Waals surface area (Å²) in [5.41, 5.74) is 0.997. The van der Waals surface area contributed by atoms with Crippen LogP contribution in [0.5, 0.6) is 0 Å². The number of hydrogen-bond acceptors (Lipinski definition) is 6. The molecule has 1 aliphatic rings. The number of likely N-dealkylation sites (N-methyl/N-ethyl adjacent to an activating group) is 1. The van der Waals surface area contributed by atoms with Crippen molar-refractivity contribution in [3.05, 3.63) is 17.5 Å². The van der Waals surface area contributed by atoms with Crippen LogP contribution < -0.4 is 10.6 Å². The van der Waals surface area contributed by atoms with Crippen molar-refractivity contribution >= 4 is 11.9 Å². The Kier molecular flexibility index (Phi) is 10.6. The number of ether oxygens (including phenoxy) is 1. The maximum Gasteiger partial charge on any atom is 0.243 e. The number of nitrogens with one attached hydrogen (secondary N) is 2. The van der Waals surface area contributed by atoms with Crippen molar-refractivity contribution in [3.8, 4) is 0 Å². The number of amides is 1. The van der Waals surface area contributed by atoms with Gasteiger partial charge in [0.05, 0.1) is 25.5 Å². The number of hydrogen-bond donors (Lipinski definition) is 2. The second-order valence-electron chi connectivity index (χ2n) is 7.77. The Bertz CT molecular complexity index is 651. The Morgan fingerprint density at radius 1 is 1.27 bits per heavy atom. The van der Waals surface area contributed by atoms with Gasteiger partial charge in [0.25, 0.3) is 0 Å². The lowest BCUT2D eigenvalue weighted by Gasteiger charge is -2.26. The Balaban J connectivity index is 1.85. The molecule has 1 fully saturated rings. The molecule has 0 aromatic carbocycles. The fourth-order valence-corrected chi connectivity index (χ4v) is 3.28. The van der Waals surface area contributed by atoms with Gasteiger partial charge in [-0.05, 0) is 25.8 Å². The topological polar surface area (TPSA) is 95.2 Å². The number of carbonyl (C=O) groups excluding carboxylic acids is 1. The molecule has 2 heterocycles. The van der Waals surface area contributed by atoms with Crippen LogP contribution in [0.4, 0.5) is 0 Å². The van der Waals surface area contributed by atoms with Crippen molar-refractivity contribution in [2.75, 3.05) is 60.0 Å². The summed E-state index contributed by atoms with van der Waals surface area (Å²) in [6, 6.07) is 2.01. The normalized spacial score (nSPS) is 15.4. The molecule has 1 saturated heterocycles. The highest BCUT2D eigenvalue weighted by Crippen LogP contribution is 2.22. The summed E-state index contributed by atoms with van der Waals surface area (Å²) in [4.78, 5) is 20.3. The lowest BCUT2D eigenvalue weighted by Crippen LogP contribution is -2.41. The average Bonchev–Trinajstić information content (AvgIpc) is 3.22. The standard InChI is InChI=1S/C21H38N6O3/c1-5-17(6-2)19-14-18(30-25-19)15-23-21(24-16-20(28)26(3)4)22-8-7-9-27-10-12-29-13-11-27/h14,17H,5-13,15-16H2,1-4H3,(H2,22,23,24). The summed E-state index contributed by atoms with van der Waals surface area (Å²) < 4.78 is 10.9. The molecule has 1 aromatic heterocycles. The number of nitrogens with zero attached hydrogens (tertiary/aromatic N) is 4. The third kappa shape index (κ3) is 8.31. The van der Waals surface area contributed by atoms with Crippen molar-refractivity contribution < 1.29 is 14.1 Å². The van der Waals surface area contributed by atoms with E-state index in [0.717, 1.165) is 70.1 Å². The third-order valence-electron chi connectivity index (χ3n) is 5.33. The smallest absolute Gasteiger partial charge is 0.243 e. The fourth-order valence-electron chi connectivity index (χ4n) is 3.28. The third-order valence-corrected chi connectivity index (χ3v) is 5.33. The lowest BCUT2D eigenvalue weighted by atomic mass is 9.99. The number of guanidine groups is 1. The van der Waals surface area contributed by atoms with Gasteiger partial charge in [-0.1, -0.05) is 19.0 Å². The average molecular weight is 423 g/mol. The molecule has 170 valence electrons. The summed E-state index contributed by atoms with van der Waals surface area (Å²) in [7, 11) is 3.46. The van der Waals surface area contributed by atoms with Crippen molar-refractivity contribution in [1.29, 1.82) is 0 Å². The van der Waals surface area contributed by atoms with Gasteiger partial charge in [0.1, 0.15) is 6.54 Å². The molecular formula is C21H38N6O3. The van der Waals surface area contributed by atoms with Gasteiger partial charge in [0.15, 0.2) is 11.7 Å². The highest BCUT2D eigenvalue weighted by atomic mass is 16.5. The van der Waals surface area contributed by atoms with E-state index in [1.807, 2.05) is 6.07 Å². The Hall–Kier alpha value is -2.13. The molecule has 0 bridgehead atoms. The Morgan fingerprint density at radius 2 is 2.00 bits per heavy atom. The van der Waals surface area contributed by atoms with E-state index in [9.17, 15) is 4.79 Å². The van der Waals surface area contributed by atoms with E-state index in [0.29, 0.717) is 18.4 Å². The first kappa shape index (κ1) is 24.1. The summed E-state index contributed by atoms with van der Waals surface area (Å²) in [5.74, 6) is 1.75. The molecule has 0 unspecified atom stereocenters. The molecule has 9 nitrogen and oxygen atoms in total. The highest BCUT2D eigenvalue weighted by Gasteiger charge is 2.14. The molecule has 1 amide bonds. The first-order valence-electron chi connectivity index (χ1n) is 11.0. The molecule has 0 spiro atoms. The molecule has 1 aliphatic heterocycles. The van der Waals surface area contributed by atoms with Crippen molar-refractivity contribution in [2.45, 2.75) is 45.6 Å². The molecule has 0 atom stereocenters. The molecule has 0 radical (unpaired) electrons. The molecule has 9 heteroatoms. The van der Waals surface area contributed by atoms with Crippen LogP contribution in [0.2, 0.25) is 0 Å². The molecule has 30 heavy (non-hydrogen) atoms. The van der Waals surface area contributed by atoms with E-state index < -0.39 is 0 Å². The number of aromatic nitrogens is 1. The first-order chi connectivity index (χ1) is 14.5. The zero-order chi connectivity index (χ0) is 21.8. The molecule has 0 saturated carbocycles. The Morgan fingerprint density at radius 3 is 2.67 bits per heavy atom. The second-order valence-corrected chi connectivity index (χ2v) is 7.77. The van der Waals surface area contributed by atoms with Crippen LogP contribution in [0.15, 0.2) is 15.6 Å². The minimum absolute atomic E-state index is 0.0416. The minimum Gasteiger partial charge on any atom is -0.379 e. The van der Waals surface area contributed by atoms with Crippen LogP contribution in [0.25, 0.3) is 0 Å². The lowest BCUT2D eigenvalue weighted by molar-refractivity contribution is -0.127. The number of rotatable bonds is 11. The SMILES string of the molecule is CCC(CC)c1cc(CNC(=NCC(=O)N(C)C)NCCCN2CCOCC2)on1. The van der Waals surface area contributed by atoms with E-state index in [4.69, 9.17) is 9.26 Å². The van der Waals surface area contributed by atoms with Crippen molar-refractivity contribution in [2.24, 2.45) is 4.99 Å². The van der Waals surface area contributed by atoms with Crippen LogP contribution >= 0.6 is 0 Å². The predicted octanol–water partition coefficient (Wildman–Crippen LogP) is 1.42. The van der Waals surface area contributed by atoms with Crippen LogP contribution in [-0.2, 0) is 16.1 Å². The van der Waals surface area contributed by atoms with E-state index in [2.05, 4.69) is 39.5 Å². The molecule has 1 aromatic rings. The largest absolute Gasteiger partial charge is 0.379 e. The van der Waals surface area contributed by atoms with Gasteiger partial charge in [-0.15, -0.1) is 0 Å². The van der Waals surface area contributed by atoms with Crippen molar-refractivity contribution in [3.63, 3.8) is 0 Å². The molecule has 0 aliphatic carbocycles. The van der Waals surface area contributed by atoms with Crippen LogP contribution in [-0.4, -0.2) is 86.9 Å². The summed E-state index contributed by atoms with van der Waals surface area (Å²) >= 11 is 0. The van der Waals surface area contributed by atoms with Crippen molar-refractivity contribution in [1.82, 2.24) is 25.6 Å².